The number of nitrogens with two attached hydrogens (primary N) is 1. The molecule has 0 spiro atoms. The topological polar surface area (TPSA) is 93.2 Å². The molecule has 1 rings (SSSR count). The molecule has 1 aromatic heterocycles. The zero-order chi connectivity index (χ0) is 13.0. The van der Waals surface area contributed by atoms with Gasteiger partial charge in [-0.25, -0.2) is 0 Å². The van der Waals surface area contributed by atoms with Crippen LogP contribution >= 0.6 is 0 Å². The Balaban J connectivity index is 2.64. The predicted molar refractivity (Wildman–Crippen MR) is 65.6 cm³/mol. The monoisotopic (exact) mass is 240 g/mol. The minimum absolute atomic E-state index is 0.129. The Hall–Kier alpha value is -1.56. The fourth-order valence-corrected chi connectivity index (χ4v) is 1.62. The van der Waals surface area contributed by atoms with E-state index < -0.39 is 0 Å². The number of hydrogen-bond acceptors (Lipinski definition) is 4. The highest BCUT2D eigenvalue weighted by atomic mass is 16.3. The molecule has 0 saturated carbocycles. The number of rotatable bonds is 5. The number of aliphatic hydroxyl groups is 1. The van der Waals surface area contributed by atoms with E-state index in [9.17, 15) is 4.79 Å². The summed E-state index contributed by atoms with van der Waals surface area (Å²) >= 11 is 0. The maximum Gasteiger partial charge on any atom is 0.271 e. The van der Waals surface area contributed by atoms with Gasteiger partial charge in [-0.2, -0.15) is 5.10 Å². The van der Waals surface area contributed by atoms with Crippen LogP contribution in [0.5, 0.6) is 0 Å². The number of nitrogens with one attached hydrogen (secondary N) is 1. The molecule has 0 aromatic carbocycles. The van der Waals surface area contributed by atoms with Crippen LogP contribution in [-0.2, 0) is 7.05 Å². The lowest BCUT2D eigenvalue weighted by Gasteiger charge is -2.11. The minimum Gasteiger partial charge on any atom is -0.396 e. The van der Waals surface area contributed by atoms with E-state index in [0.717, 1.165) is 0 Å². The van der Waals surface area contributed by atoms with Crippen LogP contribution < -0.4 is 11.1 Å². The molecule has 0 bridgehead atoms. The molecule has 0 aliphatic carbocycles. The third-order valence-electron chi connectivity index (χ3n) is 2.72. The lowest BCUT2D eigenvalue weighted by molar-refractivity contribution is 0.0937. The third kappa shape index (κ3) is 3.20. The zero-order valence-electron chi connectivity index (χ0n) is 10.5. The van der Waals surface area contributed by atoms with E-state index in [2.05, 4.69) is 10.4 Å². The van der Waals surface area contributed by atoms with E-state index in [-0.39, 0.29) is 18.4 Å². The Morgan fingerprint density at radius 1 is 1.65 bits per heavy atom. The van der Waals surface area contributed by atoms with Gasteiger partial charge in [0.25, 0.3) is 5.91 Å². The van der Waals surface area contributed by atoms with Gasteiger partial charge in [0.15, 0.2) is 0 Å². The molecular weight excluding hydrogens is 220 g/mol. The Bertz CT molecular complexity index is 400. The standard InChI is InChI=1S/C11H20N4O2/c1-7(4-5-16)6-13-11(17)10-9(12)8(2)14-15(10)3/h7,16H,4-6,12H2,1-3H3,(H,13,17). The number of aliphatic hydroxyl groups excluding tert-OH is 1. The van der Waals surface area contributed by atoms with Crippen molar-refractivity contribution in [2.75, 3.05) is 18.9 Å². The van der Waals surface area contributed by atoms with E-state index in [1.165, 1.54) is 4.68 Å². The summed E-state index contributed by atoms with van der Waals surface area (Å²) in [7, 11) is 1.69. The van der Waals surface area contributed by atoms with E-state index in [0.29, 0.717) is 30.0 Å². The van der Waals surface area contributed by atoms with Crippen LogP contribution in [0.3, 0.4) is 0 Å². The van der Waals surface area contributed by atoms with Gasteiger partial charge in [-0.3, -0.25) is 9.48 Å². The highest BCUT2D eigenvalue weighted by Crippen LogP contribution is 2.14. The predicted octanol–water partition coefficient (Wildman–Crippen LogP) is 0.0590. The summed E-state index contributed by atoms with van der Waals surface area (Å²) in [5, 5.41) is 15.6. The van der Waals surface area contributed by atoms with Crippen molar-refractivity contribution in [3.8, 4) is 0 Å². The Kier molecular flexibility index (Phi) is 4.51. The molecule has 1 heterocycles. The molecule has 1 unspecified atom stereocenters. The largest absolute Gasteiger partial charge is 0.396 e. The third-order valence-corrected chi connectivity index (χ3v) is 2.72. The van der Waals surface area contributed by atoms with E-state index in [1.54, 1.807) is 14.0 Å². The second-order valence-corrected chi connectivity index (χ2v) is 4.30. The Morgan fingerprint density at radius 2 is 2.29 bits per heavy atom. The van der Waals surface area contributed by atoms with Crippen LogP contribution in [0.2, 0.25) is 0 Å². The summed E-state index contributed by atoms with van der Waals surface area (Å²) in [4.78, 5) is 11.9. The Labute approximate surface area is 101 Å². The van der Waals surface area contributed by atoms with Crippen LogP contribution in [0.25, 0.3) is 0 Å². The van der Waals surface area contributed by atoms with Gasteiger partial charge in [0.1, 0.15) is 5.69 Å². The zero-order valence-corrected chi connectivity index (χ0v) is 10.5. The number of hydrogen-bond donors (Lipinski definition) is 3. The fourth-order valence-electron chi connectivity index (χ4n) is 1.62. The highest BCUT2D eigenvalue weighted by Gasteiger charge is 2.17. The van der Waals surface area contributed by atoms with Crippen molar-refractivity contribution in [1.29, 1.82) is 0 Å². The molecule has 0 fully saturated rings. The first-order valence-corrected chi connectivity index (χ1v) is 5.65. The van der Waals surface area contributed by atoms with E-state index in [1.807, 2.05) is 6.92 Å². The maximum absolute atomic E-state index is 11.9. The molecule has 1 aromatic rings. The molecule has 1 amide bonds. The lowest BCUT2D eigenvalue weighted by Crippen LogP contribution is -2.30. The number of nitrogens with zero attached hydrogens (tertiary/aromatic N) is 2. The lowest BCUT2D eigenvalue weighted by atomic mass is 10.1. The molecule has 0 aliphatic rings. The summed E-state index contributed by atoms with van der Waals surface area (Å²) in [6.07, 6.45) is 0.667. The average molecular weight is 240 g/mol. The number of aryl methyl sites for hydroxylation is 2. The molecular formula is C11H20N4O2. The molecule has 6 nitrogen and oxygen atoms in total. The van der Waals surface area contributed by atoms with Crippen molar-refractivity contribution < 1.29 is 9.90 Å². The normalized spacial score (nSPS) is 12.5. The molecule has 0 radical (unpaired) electrons. The fraction of sp³-hybridized carbons (Fsp3) is 0.636. The summed E-state index contributed by atoms with van der Waals surface area (Å²) in [6.45, 7) is 4.38. The van der Waals surface area contributed by atoms with Gasteiger partial charge in [-0.15, -0.1) is 0 Å². The molecule has 96 valence electrons. The van der Waals surface area contributed by atoms with Crippen molar-refractivity contribution in [1.82, 2.24) is 15.1 Å². The number of amides is 1. The van der Waals surface area contributed by atoms with Gasteiger partial charge < -0.3 is 16.2 Å². The van der Waals surface area contributed by atoms with Crippen LogP contribution in [-0.4, -0.2) is 33.9 Å². The first kappa shape index (κ1) is 13.5. The Morgan fingerprint density at radius 3 is 2.76 bits per heavy atom. The van der Waals surface area contributed by atoms with E-state index in [4.69, 9.17) is 10.8 Å². The molecule has 0 saturated heterocycles. The minimum atomic E-state index is -0.226. The summed E-state index contributed by atoms with van der Waals surface area (Å²) in [5.74, 6) is 0.00916. The highest BCUT2D eigenvalue weighted by molar-refractivity contribution is 5.97. The number of nitrogen functional groups attached to an aromatic ring is 1. The first-order valence-electron chi connectivity index (χ1n) is 5.65. The summed E-state index contributed by atoms with van der Waals surface area (Å²) in [5.41, 5.74) is 7.24. The quantitative estimate of drug-likeness (QED) is 0.678. The van der Waals surface area contributed by atoms with Crippen molar-refractivity contribution in [2.24, 2.45) is 13.0 Å². The number of carbonyl (C=O) groups excluding carboxylic acids is 1. The molecule has 17 heavy (non-hydrogen) atoms. The van der Waals surface area contributed by atoms with Gasteiger partial charge in [-0.05, 0) is 19.3 Å². The van der Waals surface area contributed by atoms with Gasteiger partial charge in [0.2, 0.25) is 0 Å². The van der Waals surface area contributed by atoms with Crippen LogP contribution in [0, 0.1) is 12.8 Å². The summed E-state index contributed by atoms with van der Waals surface area (Å²) in [6, 6.07) is 0. The number of carbonyl (C=O) groups is 1. The van der Waals surface area contributed by atoms with Crippen LogP contribution in [0.15, 0.2) is 0 Å². The van der Waals surface area contributed by atoms with Crippen molar-refractivity contribution in [3.05, 3.63) is 11.4 Å². The van der Waals surface area contributed by atoms with Gasteiger partial charge in [0, 0.05) is 20.2 Å². The summed E-state index contributed by atoms with van der Waals surface area (Å²) < 4.78 is 1.48. The van der Waals surface area contributed by atoms with Crippen molar-refractivity contribution >= 4 is 11.6 Å². The molecule has 6 heteroatoms. The van der Waals surface area contributed by atoms with Crippen LogP contribution in [0.1, 0.15) is 29.5 Å². The maximum atomic E-state index is 11.9. The van der Waals surface area contributed by atoms with Gasteiger partial charge in [0.05, 0.1) is 11.4 Å². The average Bonchev–Trinajstić information content (AvgIpc) is 2.50. The van der Waals surface area contributed by atoms with Crippen molar-refractivity contribution in [3.63, 3.8) is 0 Å². The molecule has 4 N–H and O–H groups in total. The second kappa shape index (κ2) is 5.67. The second-order valence-electron chi connectivity index (χ2n) is 4.30. The SMILES string of the molecule is Cc1nn(C)c(C(=O)NCC(C)CCO)c1N. The smallest absolute Gasteiger partial charge is 0.271 e. The first-order chi connectivity index (χ1) is 7.97. The van der Waals surface area contributed by atoms with Gasteiger partial charge >= 0.3 is 0 Å². The van der Waals surface area contributed by atoms with Crippen molar-refractivity contribution in [2.45, 2.75) is 20.3 Å². The van der Waals surface area contributed by atoms with Gasteiger partial charge in [-0.1, -0.05) is 6.92 Å². The molecule has 1 atom stereocenters. The van der Waals surface area contributed by atoms with Crippen LogP contribution in [0.4, 0.5) is 5.69 Å². The number of aromatic nitrogens is 2. The number of anilines is 1. The molecule has 0 aliphatic heterocycles. The van der Waals surface area contributed by atoms with E-state index >= 15 is 0 Å².